The minimum absolute atomic E-state index is 0.0190. The topological polar surface area (TPSA) is 95.6 Å². The van der Waals surface area contributed by atoms with Crippen LogP contribution in [0.5, 0.6) is 0 Å². The van der Waals surface area contributed by atoms with Crippen molar-refractivity contribution in [1.29, 1.82) is 0 Å². The third-order valence-corrected chi connectivity index (χ3v) is 5.68. The van der Waals surface area contributed by atoms with Gasteiger partial charge in [0, 0.05) is 18.7 Å². The van der Waals surface area contributed by atoms with E-state index in [0.717, 1.165) is 4.90 Å². The Kier molecular flexibility index (Phi) is 6.86. The van der Waals surface area contributed by atoms with Crippen LogP contribution in [0, 0.1) is 0 Å². The molecule has 0 bridgehead atoms. The fourth-order valence-electron chi connectivity index (χ4n) is 3.92. The number of rotatable bonds is 7. The molecule has 0 radical (unpaired) electrons. The molecule has 3 aromatic rings. The first-order chi connectivity index (χ1) is 17.2. The Labute approximate surface area is 203 Å². The number of fused-ring (bicyclic) bond motifs is 1. The normalized spacial score (nSPS) is 13.8. The van der Waals surface area contributed by atoms with E-state index in [-0.39, 0.29) is 28.8 Å². The lowest BCUT2D eigenvalue weighted by atomic mass is 10.0. The number of hydrogen-bond donors (Lipinski definition) is 2. The molecule has 1 aliphatic rings. The minimum Gasteiger partial charge on any atom is -0.344 e. The van der Waals surface area contributed by atoms with Crippen LogP contribution < -0.4 is 10.6 Å². The van der Waals surface area contributed by atoms with Gasteiger partial charge in [0.2, 0.25) is 5.91 Å². The largest absolute Gasteiger partial charge is 0.471 e. The van der Waals surface area contributed by atoms with Gasteiger partial charge in [-0.1, -0.05) is 60.7 Å². The van der Waals surface area contributed by atoms with Crippen molar-refractivity contribution in [2.75, 3.05) is 5.32 Å². The van der Waals surface area contributed by atoms with E-state index in [9.17, 15) is 32.3 Å². The molecule has 1 atom stereocenters. The van der Waals surface area contributed by atoms with E-state index in [1.807, 2.05) is 0 Å². The van der Waals surface area contributed by atoms with Gasteiger partial charge >= 0.3 is 12.1 Å². The fourth-order valence-corrected chi connectivity index (χ4v) is 3.92. The third kappa shape index (κ3) is 5.12. The second kappa shape index (κ2) is 10.0. The first kappa shape index (κ1) is 24.6. The van der Waals surface area contributed by atoms with Crippen molar-refractivity contribution in [3.8, 4) is 0 Å². The molecule has 1 heterocycles. The van der Waals surface area contributed by atoms with Gasteiger partial charge in [0.1, 0.15) is 6.04 Å². The van der Waals surface area contributed by atoms with Gasteiger partial charge in [-0.25, -0.2) is 0 Å². The van der Waals surface area contributed by atoms with Gasteiger partial charge in [-0.3, -0.25) is 24.1 Å². The molecule has 184 valence electrons. The summed E-state index contributed by atoms with van der Waals surface area (Å²) in [5.41, 5.74) is 1.41. The van der Waals surface area contributed by atoms with Gasteiger partial charge in [0.05, 0.1) is 11.1 Å². The second-order valence-electron chi connectivity index (χ2n) is 8.06. The van der Waals surface area contributed by atoms with E-state index in [4.69, 9.17) is 0 Å². The molecule has 2 N–H and O–H groups in total. The van der Waals surface area contributed by atoms with Gasteiger partial charge in [-0.15, -0.1) is 0 Å². The van der Waals surface area contributed by atoms with Crippen molar-refractivity contribution >= 4 is 29.3 Å². The van der Waals surface area contributed by atoms with E-state index in [1.165, 1.54) is 30.3 Å². The van der Waals surface area contributed by atoms with E-state index < -0.39 is 42.4 Å². The van der Waals surface area contributed by atoms with Crippen molar-refractivity contribution < 1.29 is 32.3 Å². The smallest absolute Gasteiger partial charge is 0.344 e. The lowest BCUT2D eigenvalue weighted by molar-refractivity contribution is -0.173. The van der Waals surface area contributed by atoms with Gasteiger partial charge in [0.15, 0.2) is 0 Å². The third-order valence-electron chi connectivity index (χ3n) is 5.68. The highest BCUT2D eigenvalue weighted by Gasteiger charge is 2.43. The van der Waals surface area contributed by atoms with Crippen LogP contribution in [0.1, 0.15) is 31.8 Å². The fraction of sp³-hybridized carbons (Fsp3) is 0.154. The van der Waals surface area contributed by atoms with Crippen LogP contribution in [0.25, 0.3) is 0 Å². The summed E-state index contributed by atoms with van der Waals surface area (Å²) >= 11 is 0. The molecule has 3 aromatic carbocycles. The number of imide groups is 1. The van der Waals surface area contributed by atoms with Crippen LogP contribution in [-0.4, -0.2) is 40.7 Å². The Balaban J connectivity index is 1.61. The second-order valence-corrected chi connectivity index (χ2v) is 8.06. The molecule has 0 fully saturated rings. The molecule has 0 spiro atoms. The van der Waals surface area contributed by atoms with E-state index in [2.05, 4.69) is 5.32 Å². The SMILES string of the molecule is O=C(Nc1ccccc1CNC(=O)C(F)(F)F)C(Cc1ccccc1)N1C(=O)c2ccccc2C1=O. The van der Waals surface area contributed by atoms with Gasteiger partial charge < -0.3 is 10.6 Å². The average molecular weight is 495 g/mol. The molecule has 36 heavy (non-hydrogen) atoms. The number of halogens is 3. The Hall–Kier alpha value is -4.47. The number of nitrogens with one attached hydrogen (secondary N) is 2. The van der Waals surface area contributed by atoms with Gasteiger partial charge in [-0.05, 0) is 29.3 Å². The van der Waals surface area contributed by atoms with Crippen molar-refractivity contribution in [3.63, 3.8) is 0 Å². The summed E-state index contributed by atoms with van der Waals surface area (Å²) in [6, 6.07) is 19.8. The molecule has 1 aliphatic heterocycles. The minimum atomic E-state index is -5.05. The zero-order valence-electron chi connectivity index (χ0n) is 18.7. The molecular formula is C26H20F3N3O4. The number of carbonyl (C=O) groups is 4. The predicted molar refractivity (Wildman–Crippen MR) is 124 cm³/mol. The summed E-state index contributed by atoms with van der Waals surface area (Å²) in [6.45, 7) is -0.495. The standard InChI is InChI=1S/C26H20F3N3O4/c27-26(28,29)25(36)30-15-17-10-4-7-13-20(17)31-22(33)21(14-16-8-2-1-3-9-16)32-23(34)18-11-5-6-12-19(18)24(32)35/h1-13,21H,14-15H2,(H,30,36)(H,31,33). The van der Waals surface area contributed by atoms with Gasteiger partial charge in [-0.2, -0.15) is 13.2 Å². The Morgan fingerprint density at radius 2 is 1.36 bits per heavy atom. The maximum absolute atomic E-state index is 13.5. The van der Waals surface area contributed by atoms with Crippen LogP contribution in [0.4, 0.5) is 18.9 Å². The van der Waals surface area contributed by atoms with E-state index in [1.54, 1.807) is 53.8 Å². The molecule has 0 aromatic heterocycles. The summed E-state index contributed by atoms with van der Waals surface area (Å²) in [4.78, 5) is 51.8. The zero-order chi connectivity index (χ0) is 25.9. The summed E-state index contributed by atoms with van der Waals surface area (Å²) in [5.74, 6) is -4.05. The first-order valence-electron chi connectivity index (χ1n) is 10.9. The summed E-state index contributed by atoms with van der Waals surface area (Å²) < 4.78 is 37.7. The maximum Gasteiger partial charge on any atom is 0.471 e. The summed E-state index contributed by atoms with van der Waals surface area (Å²) in [7, 11) is 0. The molecule has 7 nitrogen and oxygen atoms in total. The quantitative estimate of drug-likeness (QED) is 0.489. The molecule has 0 aliphatic carbocycles. The van der Waals surface area contributed by atoms with Crippen LogP contribution in [0.2, 0.25) is 0 Å². The average Bonchev–Trinajstić information content (AvgIpc) is 3.11. The summed E-state index contributed by atoms with van der Waals surface area (Å²) in [6.07, 6.45) is -5.03. The van der Waals surface area contributed by atoms with Crippen LogP contribution in [0.15, 0.2) is 78.9 Å². The van der Waals surface area contributed by atoms with Crippen molar-refractivity contribution in [3.05, 3.63) is 101 Å². The van der Waals surface area contributed by atoms with Crippen LogP contribution in [-0.2, 0) is 22.6 Å². The van der Waals surface area contributed by atoms with Crippen LogP contribution in [0.3, 0.4) is 0 Å². The van der Waals surface area contributed by atoms with Crippen LogP contribution >= 0.6 is 0 Å². The molecular weight excluding hydrogens is 475 g/mol. The number of alkyl halides is 3. The highest BCUT2D eigenvalue weighted by molar-refractivity contribution is 6.23. The zero-order valence-corrected chi connectivity index (χ0v) is 18.7. The maximum atomic E-state index is 13.5. The lowest BCUT2D eigenvalue weighted by Gasteiger charge is -2.26. The Bertz CT molecular complexity index is 1290. The number of hydrogen-bond acceptors (Lipinski definition) is 4. The number of para-hydroxylation sites is 1. The van der Waals surface area contributed by atoms with Crippen molar-refractivity contribution in [2.45, 2.75) is 25.2 Å². The van der Waals surface area contributed by atoms with Crippen molar-refractivity contribution in [1.82, 2.24) is 10.2 Å². The van der Waals surface area contributed by atoms with E-state index in [0.29, 0.717) is 5.56 Å². The lowest BCUT2D eigenvalue weighted by Crippen LogP contribution is -2.48. The Morgan fingerprint density at radius 3 is 1.97 bits per heavy atom. The van der Waals surface area contributed by atoms with Crippen molar-refractivity contribution in [2.24, 2.45) is 0 Å². The highest BCUT2D eigenvalue weighted by atomic mass is 19.4. The molecule has 0 saturated carbocycles. The highest BCUT2D eigenvalue weighted by Crippen LogP contribution is 2.27. The van der Waals surface area contributed by atoms with E-state index >= 15 is 0 Å². The number of benzene rings is 3. The number of carbonyl (C=O) groups excluding carboxylic acids is 4. The number of anilines is 1. The predicted octanol–water partition coefficient (Wildman–Crippen LogP) is 3.71. The molecule has 10 heteroatoms. The summed E-state index contributed by atoms with van der Waals surface area (Å²) in [5, 5.41) is 4.39. The first-order valence-corrected chi connectivity index (χ1v) is 10.9. The molecule has 0 saturated heterocycles. The molecule has 4 amide bonds. The number of amides is 4. The monoisotopic (exact) mass is 495 g/mol. The van der Waals surface area contributed by atoms with Gasteiger partial charge in [0.25, 0.3) is 11.8 Å². The molecule has 4 rings (SSSR count). The molecule has 1 unspecified atom stereocenters. The number of nitrogens with zero attached hydrogens (tertiary/aromatic N) is 1. The Morgan fingerprint density at radius 1 is 0.806 bits per heavy atom.